The maximum Gasteiger partial charge on any atom is 0.151 e. The number of H-pyrrole nitrogens is 1. The molecule has 1 unspecified atom stereocenters. The molecule has 124 valence electrons. The molecule has 0 amide bonds. The first-order valence-corrected chi connectivity index (χ1v) is 8.21. The molecule has 2 aromatic rings. The fourth-order valence-corrected chi connectivity index (χ4v) is 3.17. The Balaban J connectivity index is 1.69. The predicted octanol–water partition coefficient (Wildman–Crippen LogP) is 3.06. The number of rotatable bonds is 6. The highest BCUT2D eigenvalue weighted by Gasteiger charge is 2.32. The molecule has 1 saturated heterocycles. The molecule has 1 fully saturated rings. The molecule has 0 radical (unpaired) electrons. The third kappa shape index (κ3) is 4.20. The number of nitrogens with zero attached hydrogens (tertiary/aromatic N) is 4. The van der Waals surface area contributed by atoms with E-state index in [2.05, 4.69) is 38.9 Å². The van der Waals surface area contributed by atoms with Crippen molar-refractivity contribution < 1.29 is 4.74 Å². The summed E-state index contributed by atoms with van der Waals surface area (Å²) in [5.41, 5.74) is 1.36. The van der Waals surface area contributed by atoms with E-state index in [1.165, 1.54) is 6.33 Å². The molecule has 1 aliphatic rings. The highest BCUT2D eigenvalue weighted by molar-refractivity contribution is 6.32. The van der Waals surface area contributed by atoms with Crippen molar-refractivity contribution >= 4 is 17.4 Å². The number of aromatic nitrogens is 4. The number of ether oxygens (including phenoxy) is 1. The van der Waals surface area contributed by atoms with Crippen molar-refractivity contribution in [2.75, 3.05) is 18.1 Å². The van der Waals surface area contributed by atoms with Crippen LogP contribution >= 0.6 is 11.6 Å². The van der Waals surface area contributed by atoms with E-state index in [1.807, 2.05) is 12.4 Å². The van der Waals surface area contributed by atoms with Crippen LogP contribution in [0.5, 0.6) is 0 Å². The molecular weight excluding hydrogens is 314 g/mol. The van der Waals surface area contributed by atoms with E-state index in [-0.39, 0.29) is 11.5 Å². The van der Waals surface area contributed by atoms with Crippen LogP contribution in [0.15, 0.2) is 24.9 Å². The molecule has 3 rings (SSSR count). The second kappa shape index (κ2) is 6.84. The van der Waals surface area contributed by atoms with E-state index in [0.29, 0.717) is 11.6 Å². The van der Waals surface area contributed by atoms with Gasteiger partial charge in [-0.25, -0.2) is 9.97 Å². The van der Waals surface area contributed by atoms with E-state index in [1.54, 1.807) is 6.20 Å². The fourth-order valence-electron chi connectivity index (χ4n) is 2.95. The van der Waals surface area contributed by atoms with Crippen LogP contribution in [0.2, 0.25) is 5.02 Å². The smallest absolute Gasteiger partial charge is 0.151 e. The van der Waals surface area contributed by atoms with Gasteiger partial charge in [0.1, 0.15) is 11.3 Å². The Hall–Kier alpha value is -1.66. The zero-order valence-electron chi connectivity index (χ0n) is 13.5. The van der Waals surface area contributed by atoms with E-state index in [0.717, 1.165) is 37.4 Å². The highest BCUT2D eigenvalue weighted by Crippen LogP contribution is 2.33. The Kier molecular flexibility index (Phi) is 4.82. The number of aromatic amines is 1. The van der Waals surface area contributed by atoms with Gasteiger partial charge in [0.15, 0.2) is 5.82 Å². The molecule has 1 N–H and O–H groups in total. The van der Waals surface area contributed by atoms with Crippen LogP contribution in [0.3, 0.4) is 0 Å². The van der Waals surface area contributed by atoms with Crippen LogP contribution in [0.4, 0.5) is 5.82 Å². The van der Waals surface area contributed by atoms with E-state index < -0.39 is 0 Å². The molecule has 0 saturated carbocycles. The Labute approximate surface area is 141 Å². The van der Waals surface area contributed by atoms with Crippen LogP contribution in [-0.4, -0.2) is 39.4 Å². The average Bonchev–Trinajstić information content (AvgIpc) is 3.13. The van der Waals surface area contributed by atoms with Crippen molar-refractivity contribution in [3.63, 3.8) is 0 Å². The zero-order chi connectivity index (χ0) is 16.3. The monoisotopic (exact) mass is 335 g/mol. The largest absolute Gasteiger partial charge is 0.378 e. The van der Waals surface area contributed by atoms with E-state index in [4.69, 9.17) is 16.3 Å². The Morgan fingerprint density at radius 3 is 2.96 bits per heavy atom. The van der Waals surface area contributed by atoms with Crippen molar-refractivity contribution in [3.05, 3.63) is 35.5 Å². The first kappa shape index (κ1) is 16.2. The van der Waals surface area contributed by atoms with Gasteiger partial charge >= 0.3 is 0 Å². The molecule has 7 heteroatoms. The minimum Gasteiger partial charge on any atom is -0.378 e. The van der Waals surface area contributed by atoms with Crippen molar-refractivity contribution in [2.24, 2.45) is 5.41 Å². The molecule has 2 aromatic heterocycles. The fraction of sp³-hybridized carbons (Fsp3) is 0.562. The molecule has 1 atom stereocenters. The summed E-state index contributed by atoms with van der Waals surface area (Å²) in [4.78, 5) is 10.5. The highest BCUT2D eigenvalue weighted by atomic mass is 35.5. The quantitative estimate of drug-likeness (QED) is 0.878. The second-order valence-corrected chi connectivity index (χ2v) is 7.22. The summed E-state index contributed by atoms with van der Waals surface area (Å²) in [6, 6.07) is 0. The lowest BCUT2D eigenvalue weighted by molar-refractivity contribution is 0.0950. The number of hydrogen-bond donors (Lipinski definition) is 1. The summed E-state index contributed by atoms with van der Waals surface area (Å²) in [5.74, 6) is 0.750. The molecule has 0 aliphatic carbocycles. The molecule has 1 aliphatic heterocycles. The number of halogens is 1. The molecular formula is C16H22ClN5O. The number of hydrogen-bond acceptors (Lipinski definition) is 5. The van der Waals surface area contributed by atoms with Gasteiger partial charge in [0.2, 0.25) is 0 Å². The summed E-state index contributed by atoms with van der Waals surface area (Å²) < 4.78 is 5.91. The van der Waals surface area contributed by atoms with Crippen LogP contribution in [0.25, 0.3) is 0 Å². The van der Waals surface area contributed by atoms with Gasteiger partial charge in [0, 0.05) is 24.8 Å². The van der Waals surface area contributed by atoms with E-state index in [9.17, 15) is 0 Å². The lowest BCUT2D eigenvalue weighted by Crippen LogP contribution is -2.28. The summed E-state index contributed by atoms with van der Waals surface area (Å²) in [6.45, 7) is 6.84. The summed E-state index contributed by atoms with van der Waals surface area (Å²) in [6.07, 6.45) is 9.18. The maximum atomic E-state index is 6.28. The van der Waals surface area contributed by atoms with Crippen molar-refractivity contribution in [2.45, 2.75) is 39.3 Å². The number of anilines is 1. The lowest BCUT2D eigenvalue weighted by Gasteiger charge is -2.25. The summed E-state index contributed by atoms with van der Waals surface area (Å²) in [7, 11) is 0. The molecule has 23 heavy (non-hydrogen) atoms. The third-order valence-corrected chi connectivity index (χ3v) is 4.35. The van der Waals surface area contributed by atoms with Gasteiger partial charge in [-0.05, 0) is 18.3 Å². The van der Waals surface area contributed by atoms with Crippen LogP contribution in [-0.2, 0) is 11.3 Å². The SMILES string of the molecule is CC1(C)COC(CCN(Cc2cn[nH]c2)c2ncncc2Cl)C1. The first-order chi connectivity index (χ1) is 11.0. The summed E-state index contributed by atoms with van der Waals surface area (Å²) in [5, 5.41) is 7.41. The Morgan fingerprint density at radius 2 is 2.30 bits per heavy atom. The van der Waals surface area contributed by atoms with Gasteiger partial charge in [0.05, 0.1) is 25.1 Å². The Bertz CT molecular complexity index is 631. The van der Waals surface area contributed by atoms with Gasteiger partial charge < -0.3 is 9.64 Å². The molecule has 3 heterocycles. The average molecular weight is 336 g/mol. The van der Waals surface area contributed by atoms with Crippen LogP contribution < -0.4 is 4.90 Å². The maximum absolute atomic E-state index is 6.28. The van der Waals surface area contributed by atoms with Gasteiger partial charge in [-0.3, -0.25) is 5.10 Å². The van der Waals surface area contributed by atoms with Gasteiger partial charge in [-0.2, -0.15) is 5.10 Å². The zero-order valence-corrected chi connectivity index (χ0v) is 14.3. The summed E-state index contributed by atoms with van der Waals surface area (Å²) >= 11 is 6.28. The van der Waals surface area contributed by atoms with Crippen molar-refractivity contribution in [3.8, 4) is 0 Å². The standard InChI is InChI=1S/C16H22ClN5O/c1-16(2)5-13(23-10-16)3-4-22(9-12-6-20-21-7-12)15-14(17)8-18-11-19-15/h6-8,11,13H,3-5,9-10H2,1-2H3,(H,20,21). The van der Waals surface area contributed by atoms with E-state index >= 15 is 0 Å². The number of nitrogens with one attached hydrogen (secondary N) is 1. The molecule has 0 spiro atoms. The predicted molar refractivity (Wildman–Crippen MR) is 89.4 cm³/mol. The molecule has 0 aromatic carbocycles. The Morgan fingerprint density at radius 1 is 1.43 bits per heavy atom. The van der Waals surface area contributed by atoms with Crippen molar-refractivity contribution in [1.82, 2.24) is 20.2 Å². The lowest BCUT2D eigenvalue weighted by atomic mass is 9.90. The molecule has 0 bridgehead atoms. The minimum atomic E-state index is 0.270. The second-order valence-electron chi connectivity index (χ2n) is 6.81. The topological polar surface area (TPSA) is 66.9 Å². The van der Waals surface area contributed by atoms with Crippen LogP contribution in [0.1, 0.15) is 32.3 Å². The van der Waals surface area contributed by atoms with Gasteiger partial charge in [-0.15, -0.1) is 0 Å². The minimum absolute atomic E-state index is 0.270. The van der Waals surface area contributed by atoms with Gasteiger partial charge in [0.25, 0.3) is 0 Å². The normalized spacial score (nSPS) is 19.9. The first-order valence-electron chi connectivity index (χ1n) is 7.83. The van der Waals surface area contributed by atoms with Gasteiger partial charge in [-0.1, -0.05) is 25.4 Å². The van der Waals surface area contributed by atoms with Crippen molar-refractivity contribution in [1.29, 1.82) is 0 Å². The third-order valence-electron chi connectivity index (χ3n) is 4.09. The van der Waals surface area contributed by atoms with Crippen LogP contribution in [0, 0.1) is 5.41 Å². The molecule has 6 nitrogen and oxygen atoms in total.